The molecule has 0 aliphatic rings. The lowest BCUT2D eigenvalue weighted by Crippen LogP contribution is -2.36. The molecule has 2 aromatic rings. The van der Waals surface area contributed by atoms with Crippen LogP contribution in [0.15, 0.2) is 24.3 Å². The Bertz CT molecular complexity index is 492. The van der Waals surface area contributed by atoms with Crippen LogP contribution >= 0.6 is 0 Å². The molecule has 92 valence electrons. The zero-order chi connectivity index (χ0) is 12.3. The quantitative estimate of drug-likeness (QED) is 0.619. The first kappa shape index (κ1) is 12.1. The molecule has 0 amide bonds. The highest BCUT2D eigenvalue weighted by Gasteiger charge is 2.07. The Morgan fingerprint density at radius 3 is 2.94 bits per heavy atom. The third-order valence-electron chi connectivity index (χ3n) is 2.97. The van der Waals surface area contributed by atoms with Gasteiger partial charge in [0, 0.05) is 35.7 Å². The normalized spacial score (nSPS) is 13.1. The van der Waals surface area contributed by atoms with Gasteiger partial charge in [-0.25, -0.2) is 0 Å². The van der Waals surface area contributed by atoms with Gasteiger partial charge in [-0.05, 0) is 18.6 Å². The molecular weight excluding hydrogens is 214 g/mol. The minimum absolute atomic E-state index is 0.0138. The van der Waals surface area contributed by atoms with Gasteiger partial charge < -0.3 is 21.1 Å². The van der Waals surface area contributed by atoms with E-state index >= 15 is 0 Å². The molecule has 0 aliphatic heterocycles. The van der Waals surface area contributed by atoms with E-state index in [4.69, 9.17) is 10.8 Å². The second kappa shape index (κ2) is 5.31. The summed E-state index contributed by atoms with van der Waals surface area (Å²) >= 11 is 0. The number of para-hydroxylation sites is 1. The van der Waals surface area contributed by atoms with E-state index in [2.05, 4.69) is 29.4 Å². The lowest BCUT2D eigenvalue weighted by molar-refractivity contribution is 0.262. The summed E-state index contributed by atoms with van der Waals surface area (Å²) in [6.45, 7) is 3.47. The number of rotatable bonds is 5. The lowest BCUT2D eigenvalue weighted by Gasteiger charge is -2.09. The van der Waals surface area contributed by atoms with Gasteiger partial charge in [0.1, 0.15) is 0 Å². The van der Waals surface area contributed by atoms with Crippen LogP contribution < -0.4 is 11.1 Å². The van der Waals surface area contributed by atoms with E-state index < -0.39 is 0 Å². The Morgan fingerprint density at radius 2 is 2.18 bits per heavy atom. The predicted octanol–water partition coefficient (Wildman–Crippen LogP) is 0.886. The predicted molar refractivity (Wildman–Crippen MR) is 69.8 cm³/mol. The average Bonchev–Trinajstić information content (AvgIpc) is 2.66. The molecule has 0 saturated heterocycles. The van der Waals surface area contributed by atoms with Crippen LogP contribution in [0.5, 0.6) is 0 Å². The zero-order valence-corrected chi connectivity index (χ0v) is 10.0. The Hall–Kier alpha value is -1.36. The van der Waals surface area contributed by atoms with E-state index in [1.54, 1.807) is 0 Å². The molecule has 0 fully saturated rings. The number of hydrogen-bond donors (Lipinski definition) is 4. The summed E-state index contributed by atoms with van der Waals surface area (Å²) in [6, 6.07) is 8.06. The topological polar surface area (TPSA) is 74.1 Å². The molecule has 0 spiro atoms. The fourth-order valence-corrected chi connectivity index (χ4v) is 2.01. The van der Waals surface area contributed by atoms with Gasteiger partial charge >= 0.3 is 0 Å². The van der Waals surface area contributed by atoms with Crippen molar-refractivity contribution in [2.75, 3.05) is 13.2 Å². The molecule has 0 bridgehead atoms. The average molecular weight is 233 g/mol. The number of nitrogens with two attached hydrogens (primary N) is 1. The van der Waals surface area contributed by atoms with E-state index in [1.807, 2.05) is 12.1 Å². The summed E-state index contributed by atoms with van der Waals surface area (Å²) < 4.78 is 0. The minimum Gasteiger partial charge on any atom is -0.395 e. The molecule has 0 saturated carbocycles. The van der Waals surface area contributed by atoms with Gasteiger partial charge in [0.2, 0.25) is 0 Å². The maximum Gasteiger partial charge on any atom is 0.0594 e. The van der Waals surface area contributed by atoms with Crippen LogP contribution in [-0.4, -0.2) is 29.3 Å². The second-order valence-electron chi connectivity index (χ2n) is 4.35. The molecule has 0 radical (unpaired) electrons. The SMILES string of the molecule is Cc1[nH]c2ccccc2c1CNCC(N)CO. The molecule has 1 unspecified atom stereocenters. The smallest absolute Gasteiger partial charge is 0.0594 e. The first-order valence-corrected chi connectivity index (χ1v) is 5.85. The van der Waals surface area contributed by atoms with Gasteiger partial charge in [-0.2, -0.15) is 0 Å². The van der Waals surface area contributed by atoms with Crippen molar-refractivity contribution in [3.63, 3.8) is 0 Å². The molecule has 4 heteroatoms. The number of aliphatic hydroxyl groups excluding tert-OH is 1. The van der Waals surface area contributed by atoms with Gasteiger partial charge in [0.05, 0.1) is 6.61 Å². The molecule has 17 heavy (non-hydrogen) atoms. The molecule has 0 aliphatic carbocycles. The van der Waals surface area contributed by atoms with Crippen molar-refractivity contribution in [3.8, 4) is 0 Å². The monoisotopic (exact) mass is 233 g/mol. The number of nitrogens with one attached hydrogen (secondary N) is 2. The summed E-state index contributed by atoms with van der Waals surface area (Å²) in [5.41, 5.74) is 9.25. The van der Waals surface area contributed by atoms with Gasteiger partial charge in [0.15, 0.2) is 0 Å². The standard InChI is InChI=1S/C13H19N3O/c1-9-12(7-15-6-10(14)8-17)11-4-2-3-5-13(11)16-9/h2-5,10,15-17H,6-8,14H2,1H3. The first-order chi connectivity index (χ1) is 8.22. The number of H-pyrrole nitrogens is 1. The van der Waals surface area contributed by atoms with Crippen LogP contribution in [-0.2, 0) is 6.54 Å². The molecule has 1 aromatic carbocycles. The lowest BCUT2D eigenvalue weighted by atomic mass is 10.1. The number of fused-ring (bicyclic) bond motifs is 1. The van der Waals surface area contributed by atoms with Gasteiger partial charge in [-0.3, -0.25) is 0 Å². The summed E-state index contributed by atoms with van der Waals surface area (Å²) in [5.74, 6) is 0. The van der Waals surface area contributed by atoms with Crippen molar-refractivity contribution in [2.24, 2.45) is 5.73 Å². The number of hydrogen-bond acceptors (Lipinski definition) is 3. The minimum atomic E-state index is -0.194. The van der Waals surface area contributed by atoms with Gasteiger partial charge in [-0.1, -0.05) is 18.2 Å². The van der Waals surface area contributed by atoms with E-state index in [0.717, 1.165) is 12.1 Å². The molecule has 1 aromatic heterocycles. The van der Waals surface area contributed by atoms with Gasteiger partial charge in [0.25, 0.3) is 0 Å². The van der Waals surface area contributed by atoms with Crippen molar-refractivity contribution in [2.45, 2.75) is 19.5 Å². The van der Waals surface area contributed by atoms with E-state index in [1.165, 1.54) is 16.6 Å². The summed E-state index contributed by atoms with van der Waals surface area (Å²) in [5, 5.41) is 13.4. The summed E-state index contributed by atoms with van der Waals surface area (Å²) in [6.07, 6.45) is 0. The Kier molecular flexibility index (Phi) is 3.78. The van der Waals surface area contributed by atoms with Gasteiger partial charge in [-0.15, -0.1) is 0 Å². The molecule has 2 rings (SSSR count). The van der Waals surface area contributed by atoms with Crippen LogP contribution in [0.25, 0.3) is 10.9 Å². The molecular formula is C13H19N3O. The van der Waals surface area contributed by atoms with Crippen molar-refractivity contribution in [1.29, 1.82) is 0 Å². The second-order valence-corrected chi connectivity index (χ2v) is 4.35. The van der Waals surface area contributed by atoms with Crippen molar-refractivity contribution in [1.82, 2.24) is 10.3 Å². The highest BCUT2D eigenvalue weighted by molar-refractivity contribution is 5.84. The van der Waals surface area contributed by atoms with E-state index in [0.29, 0.717) is 6.54 Å². The van der Waals surface area contributed by atoms with Crippen LogP contribution in [0, 0.1) is 6.92 Å². The largest absolute Gasteiger partial charge is 0.395 e. The zero-order valence-electron chi connectivity index (χ0n) is 10.0. The molecule has 1 atom stereocenters. The van der Waals surface area contributed by atoms with Crippen molar-refractivity contribution >= 4 is 10.9 Å². The highest BCUT2D eigenvalue weighted by Crippen LogP contribution is 2.21. The Morgan fingerprint density at radius 1 is 1.41 bits per heavy atom. The third-order valence-corrected chi connectivity index (χ3v) is 2.97. The van der Waals surface area contributed by atoms with Crippen molar-refractivity contribution < 1.29 is 5.11 Å². The number of aromatic nitrogens is 1. The maximum absolute atomic E-state index is 8.85. The van der Waals surface area contributed by atoms with Crippen LogP contribution in [0.4, 0.5) is 0 Å². The molecule has 1 heterocycles. The number of aliphatic hydroxyl groups is 1. The summed E-state index contributed by atoms with van der Waals surface area (Å²) in [4.78, 5) is 3.36. The number of benzene rings is 1. The van der Waals surface area contributed by atoms with Crippen molar-refractivity contribution in [3.05, 3.63) is 35.5 Å². The van der Waals surface area contributed by atoms with Crippen LogP contribution in [0.3, 0.4) is 0 Å². The van der Waals surface area contributed by atoms with Crippen LogP contribution in [0.1, 0.15) is 11.3 Å². The molecule has 4 nitrogen and oxygen atoms in total. The number of aryl methyl sites for hydroxylation is 1. The fourth-order valence-electron chi connectivity index (χ4n) is 2.01. The number of aromatic amines is 1. The van der Waals surface area contributed by atoms with E-state index in [-0.39, 0.29) is 12.6 Å². The van der Waals surface area contributed by atoms with E-state index in [9.17, 15) is 0 Å². The highest BCUT2D eigenvalue weighted by atomic mass is 16.3. The molecule has 5 N–H and O–H groups in total. The third kappa shape index (κ3) is 2.66. The summed E-state index contributed by atoms with van der Waals surface area (Å²) in [7, 11) is 0. The first-order valence-electron chi connectivity index (χ1n) is 5.85. The maximum atomic E-state index is 8.85. The Labute approximate surface area is 101 Å². The fraction of sp³-hybridized carbons (Fsp3) is 0.385. The Balaban J connectivity index is 2.10. The van der Waals surface area contributed by atoms with Crippen LogP contribution in [0.2, 0.25) is 0 Å².